The van der Waals surface area contributed by atoms with E-state index in [1.54, 1.807) is 11.0 Å². The van der Waals surface area contributed by atoms with Crippen LogP contribution in [0, 0.1) is 0 Å². The van der Waals surface area contributed by atoms with E-state index in [0.717, 1.165) is 30.7 Å². The van der Waals surface area contributed by atoms with Gasteiger partial charge < -0.3 is 15.5 Å². The van der Waals surface area contributed by atoms with E-state index < -0.39 is 11.7 Å². The van der Waals surface area contributed by atoms with Crippen LogP contribution in [0.5, 0.6) is 0 Å². The van der Waals surface area contributed by atoms with Gasteiger partial charge in [-0.2, -0.15) is 33.2 Å². The number of carbonyl (C=O) groups is 1. The van der Waals surface area contributed by atoms with Gasteiger partial charge in [-0.3, -0.25) is 9.89 Å². The van der Waals surface area contributed by atoms with Gasteiger partial charge in [0, 0.05) is 30.8 Å². The molecule has 0 bridgehead atoms. The van der Waals surface area contributed by atoms with E-state index in [4.69, 9.17) is 0 Å². The van der Waals surface area contributed by atoms with Crippen molar-refractivity contribution in [1.29, 1.82) is 0 Å². The number of aromatic amines is 1. The number of alkyl halides is 3. The molecular weight excluding hydrogens is 449 g/mol. The molecule has 0 atom stereocenters. The summed E-state index contributed by atoms with van der Waals surface area (Å²) in [5.74, 6) is 1.62. The number of H-pyrrole nitrogens is 1. The summed E-state index contributed by atoms with van der Waals surface area (Å²) in [5.41, 5.74) is 0.650. The van der Waals surface area contributed by atoms with Crippen molar-refractivity contribution < 1.29 is 18.0 Å². The average Bonchev–Trinajstić information content (AvgIpc) is 3.56. The van der Waals surface area contributed by atoms with Crippen LogP contribution in [0.15, 0.2) is 30.3 Å². The standard InChI is InChI=1S/C22H21F3N8O/c23-22(24,25)15-3-1-2-13(10-15)4-7-17-27-20(28-18-11-16(31-32-18)14-5-6-14)30-21(29-17)33-9-8-26-19(34)12-33/h1-4,7,10-11,14H,5-6,8-9,12H2,(H,26,34)(H2,27,28,29,30,31,32)/b7-4+. The van der Waals surface area contributed by atoms with Crippen molar-refractivity contribution in [3.05, 3.63) is 53.0 Å². The number of aromatic nitrogens is 5. The molecule has 34 heavy (non-hydrogen) atoms. The fourth-order valence-corrected chi connectivity index (χ4v) is 3.57. The second kappa shape index (κ2) is 8.76. The topological polar surface area (TPSA) is 112 Å². The van der Waals surface area contributed by atoms with Crippen LogP contribution in [0.3, 0.4) is 0 Å². The maximum atomic E-state index is 13.0. The lowest BCUT2D eigenvalue weighted by Gasteiger charge is -2.26. The highest BCUT2D eigenvalue weighted by molar-refractivity contribution is 5.82. The number of nitrogens with zero attached hydrogens (tertiary/aromatic N) is 5. The molecule has 1 saturated heterocycles. The van der Waals surface area contributed by atoms with Crippen molar-refractivity contribution in [2.75, 3.05) is 29.9 Å². The molecule has 9 nitrogen and oxygen atoms in total. The summed E-state index contributed by atoms with van der Waals surface area (Å²) in [6.45, 7) is 1.06. The van der Waals surface area contributed by atoms with Gasteiger partial charge in [0.15, 0.2) is 11.6 Å². The van der Waals surface area contributed by atoms with E-state index in [1.165, 1.54) is 18.2 Å². The van der Waals surface area contributed by atoms with Crippen LogP contribution in [-0.4, -0.2) is 50.7 Å². The first-order chi connectivity index (χ1) is 16.3. The fraction of sp³-hybridized carbons (Fsp3) is 0.318. The van der Waals surface area contributed by atoms with Crippen molar-refractivity contribution >= 4 is 35.8 Å². The quantitative estimate of drug-likeness (QED) is 0.507. The van der Waals surface area contributed by atoms with E-state index in [-0.39, 0.29) is 30.2 Å². The van der Waals surface area contributed by atoms with E-state index >= 15 is 0 Å². The molecule has 2 aliphatic rings. The summed E-state index contributed by atoms with van der Waals surface area (Å²) in [5, 5.41) is 13.0. The van der Waals surface area contributed by atoms with Crippen molar-refractivity contribution in [2.24, 2.45) is 0 Å². The van der Waals surface area contributed by atoms with Gasteiger partial charge in [-0.1, -0.05) is 18.2 Å². The van der Waals surface area contributed by atoms with Gasteiger partial charge >= 0.3 is 6.18 Å². The number of hydrogen-bond acceptors (Lipinski definition) is 7. The molecule has 2 fully saturated rings. The number of anilines is 3. The van der Waals surface area contributed by atoms with Crippen LogP contribution < -0.4 is 15.5 Å². The van der Waals surface area contributed by atoms with Gasteiger partial charge in [-0.05, 0) is 36.6 Å². The Morgan fingerprint density at radius 2 is 1.97 bits per heavy atom. The van der Waals surface area contributed by atoms with Gasteiger partial charge in [0.1, 0.15) is 0 Å². The molecule has 1 aliphatic heterocycles. The van der Waals surface area contributed by atoms with Crippen LogP contribution in [0.1, 0.15) is 41.4 Å². The summed E-state index contributed by atoms with van der Waals surface area (Å²) in [6.07, 6.45) is 0.827. The number of benzene rings is 1. The SMILES string of the molecule is O=C1CN(c2nc(/C=C/c3cccc(C(F)(F)F)c3)nc(Nc3cc(C4CC4)[nH]n3)n2)CCN1. The normalized spacial score (nSPS) is 16.7. The third kappa shape index (κ3) is 5.16. The number of hydrogen-bond donors (Lipinski definition) is 3. The zero-order chi connectivity index (χ0) is 23.7. The van der Waals surface area contributed by atoms with Gasteiger partial charge in [0.2, 0.25) is 17.8 Å². The highest BCUT2D eigenvalue weighted by Crippen LogP contribution is 2.39. The van der Waals surface area contributed by atoms with E-state index in [1.807, 2.05) is 6.07 Å². The van der Waals surface area contributed by atoms with Crippen molar-refractivity contribution in [3.8, 4) is 0 Å². The Balaban J connectivity index is 1.44. The minimum Gasteiger partial charge on any atom is -0.353 e. The number of halogens is 3. The summed E-state index contributed by atoms with van der Waals surface area (Å²) in [6, 6.07) is 6.87. The van der Waals surface area contributed by atoms with Crippen molar-refractivity contribution in [2.45, 2.75) is 24.9 Å². The van der Waals surface area contributed by atoms with E-state index in [9.17, 15) is 18.0 Å². The predicted octanol–water partition coefficient (Wildman–Crippen LogP) is 3.34. The molecule has 0 spiro atoms. The van der Waals surface area contributed by atoms with Crippen LogP contribution in [0.2, 0.25) is 0 Å². The van der Waals surface area contributed by atoms with Gasteiger partial charge in [-0.25, -0.2) is 0 Å². The molecule has 3 aromatic rings. The third-order valence-corrected chi connectivity index (χ3v) is 5.46. The zero-order valence-corrected chi connectivity index (χ0v) is 17.9. The fourth-order valence-electron chi connectivity index (χ4n) is 3.57. The summed E-state index contributed by atoms with van der Waals surface area (Å²) >= 11 is 0. The lowest BCUT2D eigenvalue weighted by molar-refractivity contribution is -0.137. The first-order valence-corrected chi connectivity index (χ1v) is 10.8. The number of piperazine rings is 1. The van der Waals surface area contributed by atoms with E-state index in [2.05, 4.69) is 35.8 Å². The van der Waals surface area contributed by atoms with Crippen LogP contribution in [0.25, 0.3) is 12.2 Å². The van der Waals surface area contributed by atoms with Crippen LogP contribution in [0.4, 0.5) is 30.9 Å². The molecule has 3 heterocycles. The molecule has 1 amide bonds. The number of nitrogens with one attached hydrogen (secondary N) is 3. The predicted molar refractivity (Wildman–Crippen MR) is 119 cm³/mol. The summed E-state index contributed by atoms with van der Waals surface area (Å²) < 4.78 is 39.1. The maximum Gasteiger partial charge on any atom is 0.416 e. The second-order valence-electron chi connectivity index (χ2n) is 8.15. The third-order valence-electron chi connectivity index (χ3n) is 5.46. The molecule has 5 rings (SSSR count). The van der Waals surface area contributed by atoms with Gasteiger partial charge in [0.25, 0.3) is 0 Å². The minimum atomic E-state index is -4.43. The maximum absolute atomic E-state index is 13.0. The minimum absolute atomic E-state index is 0.0917. The first kappa shape index (κ1) is 21.9. The lowest BCUT2D eigenvalue weighted by Crippen LogP contribution is -2.48. The molecule has 1 aromatic carbocycles. The average molecular weight is 470 g/mol. The van der Waals surface area contributed by atoms with Crippen molar-refractivity contribution in [3.63, 3.8) is 0 Å². The molecule has 1 aliphatic carbocycles. The largest absolute Gasteiger partial charge is 0.416 e. The van der Waals surface area contributed by atoms with Crippen LogP contribution in [-0.2, 0) is 11.0 Å². The number of carbonyl (C=O) groups excluding carboxylic acids is 1. The van der Waals surface area contributed by atoms with Crippen molar-refractivity contribution in [1.82, 2.24) is 30.5 Å². The molecule has 1 saturated carbocycles. The number of rotatable bonds is 6. The second-order valence-corrected chi connectivity index (χ2v) is 8.15. The molecule has 2 aromatic heterocycles. The highest BCUT2D eigenvalue weighted by Gasteiger charge is 2.30. The summed E-state index contributed by atoms with van der Waals surface area (Å²) in [7, 11) is 0. The highest BCUT2D eigenvalue weighted by atomic mass is 19.4. The molecule has 3 N–H and O–H groups in total. The first-order valence-electron chi connectivity index (χ1n) is 10.8. The Kier molecular flexibility index (Phi) is 5.64. The molecule has 0 unspecified atom stereocenters. The Hall–Kier alpha value is -3.96. The van der Waals surface area contributed by atoms with Gasteiger partial charge in [0.05, 0.1) is 12.1 Å². The molecule has 12 heteroatoms. The van der Waals surface area contributed by atoms with E-state index in [0.29, 0.717) is 30.4 Å². The zero-order valence-electron chi connectivity index (χ0n) is 17.9. The number of amides is 1. The molecule has 0 radical (unpaired) electrons. The summed E-state index contributed by atoms with van der Waals surface area (Å²) in [4.78, 5) is 26.8. The monoisotopic (exact) mass is 470 g/mol. The molecule has 176 valence electrons. The smallest absolute Gasteiger partial charge is 0.353 e. The Morgan fingerprint density at radius 3 is 2.74 bits per heavy atom. The Bertz CT molecular complexity index is 1230. The van der Waals surface area contributed by atoms with Crippen LogP contribution >= 0.6 is 0 Å². The molecular formula is C22H21F3N8O. The Labute approximate surface area is 192 Å². The lowest BCUT2D eigenvalue weighted by atomic mass is 10.1. The van der Waals surface area contributed by atoms with Gasteiger partial charge in [-0.15, -0.1) is 0 Å². The Morgan fingerprint density at radius 1 is 1.12 bits per heavy atom.